The second-order valence-corrected chi connectivity index (χ2v) is 6.76. The summed E-state index contributed by atoms with van der Waals surface area (Å²) < 4.78 is 17.5. The molecule has 134 valence electrons. The van der Waals surface area contributed by atoms with E-state index in [4.69, 9.17) is 14.2 Å². The Morgan fingerprint density at radius 1 is 0.880 bits per heavy atom. The van der Waals surface area contributed by atoms with Gasteiger partial charge in [-0.05, 0) is 0 Å². The molecule has 0 fully saturated rings. The van der Waals surface area contributed by atoms with Crippen LogP contribution in [0, 0.1) is 4.91 Å². The van der Waals surface area contributed by atoms with Crippen molar-refractivity contribution in [1.29, 1.82) is 0 Å². The van der Waals surface area contributed by atoms with Crippen molar-refractivity contribution < 1.29 is 19.0 Å². The van der Waals surface area contributed by atoms with Crippen LogP contribution in [-0.4, -0.2) is 31.6 Å². The van der Waals surface area contributed by atoms with Gasteiger partial charge in [-0.1, -0.05) is 30.3 Å². The molecule has 5 nitrogen and oxygen atoms in total. The maximum absolute atomic E-state index is 13.2. The zero-order valence-electron chi connectivity index (χ0n) is 15.7. The highest BCUT2D eigenvalue weighted by Crippen LogP contribution is 2.43. The summed E-state index contributed by atoms with van der Waals surface area (Å²) in [6.07, 6.45) is 0. The number of benzene rings is 2. The van der Waals surface area contributed by atoms with Gasteiger partial charge < -0.3 is 14.2 Å². The summed E-state index contributed by atoms with van der Waals surface area (Å²) in [5.74, 6) is 1.71. The van der Waals surface area contributed by atoms with Crippen molar-refractivity contribution in [3.8, 4) is 17.2 Å². The lowest BCUT2D eigenvalue weighted by Crippen LogP contribution is -2.35. The monoisotopic (exact) mass is 344 g/mol. The topological polar surface area (TPSA) is 47.8 Å². The number of nitroso groups, excluding NO2 is 1. The van der Waals surface area contributed by atoms with Crippen molar-refractivity contribution >= 4 is 0 Å². The van der Waals surface area contributed by atoms with Crippen LogP contribution in [0.25, 0.3) is 0 Å². The molecule has 1 atom stereocenters. The minimum Gasteiger partial charge on any atom is -0.496 e. The van der Waals surface area contributed by atoms with E-state index < -0.39 is 11.6 Å². The molecule has 0 bridgehead atoms. The minimum atomic E-state index is -0.601. The van der Waals surface area contributed by atoms with Crippen LogP contribution in [0.1, 0.15) is 37.9 Å². The van der Waals surface area contributed by atoms with E-state index in [1.165, 1.54) is 0 Å². The Balaban J connectivity index is 2.76. The zero-order valence-corrected chi connectivity index (χ0v) is 15.7. The zero-order chi connectivity index (χ0) is 18.6. The summed E-state index contributed by atoms with van der Waals surface area (Å²) in [5.41, 5.74) is 0.951. The van der Waals surface area contributed by atoms with Crippen LogP contribution in [0.2, 0.25) is 0 Å². The molecule has 0 heterocycles. The Morgan fingerprint density at radius 3 is 1.80 bits per heavy atom. The third kappa shape index (κ3) is 3.92. The largest absolute Gasteiger partial charge is 0.496 e. The van der Waals surface area contributed by atoms with E-state index in [2.05, 4.69) is 0 Å². The molecule has 5 heteroatoms. The molecule has 0 aliphatic carbocycles. The van der Waals surface area contributed by atoms with E-state index in [9.17, 15) is 4.91 Å². The lowest BCUT2D eigenvalue weighted by Gasteiger charge is -2.22. The van der Waals surface area contributed by atoms with Gasteiger partial charge in [0.25, 0.3) is 6.04 Å². The van der Waals surface area contributed by atoms with Crippen molar-refractivity contribution in [3.05, 3.63) is 58.5 Å². The summed E-state index contributed by atoms with van der Waals surface area (Å²) in [6.45, 7) is 5.66. The molecule has 0 aliphatic heterocycles. The SMILES string of the molecule is COc1cc(OC)c(C(c2ccccc2)[N+](=O)C(C)(C)C)c(OC)c1. The summed E-state index contributed by atoms with van der Waals surface area (Å²) >= 11 is 0. The molecule has 0 saturated carbocycles. The molecule has 25 heavy (non-hydrogen) atoms. The summed E-state index contributed by atoms with van der Waals surface area (Å²) in [6, 6.07) is 12.6. The second-order valence-electron chi connectivity index (χ2n) is 6.76. The normalized spacial score (nSPS) is 12.4. The van der Waals surface area contributed by atoms with E-state index in [1.807, 2.05) is 51.1 Å². The average molecular weight is 344 g/mol. The molecule has 2 aromatic carbocycles. The Labute approximate surface area is 149 Å². The maximum atomic E-state index is 13.2. The molecular formula is C20H26NO4+. The molecule has 0 amide bonds. The molecule has 2 aromatic rings. The average Bonchev–Trinajstić information content (AvgIpc) is 2.61. The lowest BCUT2D eigenvalue weighted by molar-refractivity contribution is -0.646. The maximum Gasteiger partial charge on any atom is 0.259 e. The van der Waals surface area contributed by atoms with Gasteiger partial charge in [0.15, 0.2) is 0 Å². The van der Waals surface area contributed by atoms with Crippen LogP contribution in [0.4, 0.5) is 0 Å². The van der Waals surface area contributed by atoms with Gasteiger partial charge in [-0.3, -0.25) is 0 Å². The van der Waals surface area contributed by atoms with Gasteiger partial charge in [0.2, 0.25) is 5.54 Å². The van der Waals surface area contributed by atoms with Crippen molar-refractivity contribution in [3.63, 3.8) is 0 Å². The molecule has 0 saturated heterocycles. The first-order valence-electron chi connectivity index (χ1n) is 8.14. The smallest absolute Gasteiger partial charge is 0.259 e. The fourth-order valence-corrected chi connectivity index (χ4v) is 2.74. The van der Waals surface area contributed by atoms with Crippen molar-refractivity contribution in [2.75, 3.05) is 21.3 Å². The number of hydrogen-bond acceptors (Lipinski definition) is 4. The van der Waals surface area contributed by atoms with Gasteiger partial charge in [-0.15, -0.1) is 0 Å². The first kappa shape index (κ1) is 18.8. The first-order valence-corrected chi connectivity index (χ1v) is 8.14. The molecule has 0 aromatic heterocycles. The van der Waals surface area contributed by atoms with Gasteiger partial charge in [-0.25, -0.2) is 0 Å². The molecule has 2 rings (SSSR count). The van der Waals surface area contributed by atoms with Crippen LogP contribution in [0.15, 0.2) is 42.5 Å². The van der Waals surface area contributed by atoms with Crippen LogP contribution < -0.4 is 14.2 Å². The highest BCUT2D eigenvalue weighted by atomic mass is 16.5. The fourth-order valence-electron chi connectivity index (χ4n) is 2.74. The Kier molecular flexibility index (Phi) is 5.67. The van der Waals surface area contributed by atoms with E-state index in [0.29, 0.717) is 22.8 Å². The molecule has 0 aliphatic rings. The van der Waals surface area contributed by atoms with Crippen LogP contribution in [0.3, 0.4) is 0 Å². The highest BCUT2D eigenvalue weighted by molar-refractivity contribution is 5.54. The number of ether oxygens (including phenoxy) is 3. The number of hydrogen-bond donors (Lipinski definition) is 0. The van der Waals surface area contributed by atoms with Crippen molar-refractivity contribution in [2.45, 2.75) is 32.4 Å². The van der Waals surface area contributed by atoms with Gasteiger partial charge >= 0.3 is 0 Å². The summed E-state index contributed by atoms with van der Waals surface area (Å²) in [5, 5.41) is 0. The van der Waals surface area contributed by atoms with E-state index in [0.717, 1.165) is 10.3 Å². The highest BCUT2D eigenvalue weighted by Gasteiger charge is 2.42. The van der Waals surface area contributed by atoms with Gasteiger partial charge in [0.05, 0.1) is 21.3 Å². The third-order valence-electron chi connectivity index (χ3n) is 4.04. The lowest BCUT2D eigenvalue weighted by atomic mass is 9.93. The number of methoxy groups -OCH3 is 3. The van der Waals surface area contributed by atoms with Crippen molar-refractivity contribution in [1.82, 2.24) is 0 Å². The first-order chi connectivity index (χ1) is 11.8. The third-order valence-corrected chi connectivity index (χ3v) is 4.04. The Bertz CT molecular complexity index is 710. The standard InChI is InChI=1S/C20H26NO4/c1-20(2,3)21(22)19(14-10-8-7-9-11-14)18-16(24-5)12-15(23-4)13-17(18)25-6/h7-13,19H,1-6H3/q+1. The molecule has 0 radical (unpaired) electrons. The van der Waals surface area contributed by atoms with Gasteiger partial charge in [0.1, 0.15) is 22.8 Å². The van der Waals surface area contributed by atoms with Crippen LogP contribution in [0.5, 0.6) is 17.2 Å². The van der Waals surface area contributed by atoms with E-state index in [1.54, 1.807) is 33.5 Å². The second kappa shape index (κ2) is 7.55. The van der Waals surface area contributed by atoms with Crippen molar-refractivity contribution in [2.24, 2.45) is 0 Å². The summed E-state index contributed by atoms with van der Waals surface area (Å²) in [7, 11) is 4.73. The quantitative estimate of drug-likeness (QED) is 0.730. The predicted octanol–water partition coefficient (Wildman–Crippen LogP) is 4.38. The van der Waals surface area contributed by atoms with E-state index in [-0.39, 0.29) is 0 Å². The number of nitrogens with zero attached hydrogens (tertiary/aromatic N) is 1. The minimum absolute atomic E-state index is 0.551. The molecule has 1 unspecified atom stereocenters. The summed E-state index contributed by atoms with van der Waals surface area (Å²) in [4.78, 5) is 13.2. The number of rotatable bonds is 6. The van der Waals surface area contributed by atoms with E-state index >= 15 is 0 Å². The molecule has 0 spiro atoms. The Morgan fingerprint density at radius 2 is 1.40 bits per heavy atom. The predicted molar refractivity (Wildman–Crippen MR) is 97.8 cm³/mol. The Hall–Kier alpha value is -2.56. The van der Waals surface area contributed by atoms with Gasteiger partial charge in [0, 0.05) is 48.1 Å². The van der Waals surface area contributed by atoms with Crippen LogP contribution in [-0.2, 0) is 0 Å². The molecule has 0 N–H and O–H groups in total. The van der Waals surface area contributed by atoms with Crippen LogP contribution >= 0.6 is 0 Å². The fraction of sp³-hybridized carbons (Fsp3) is 0.400. The molecular weight excluding hydrogens is 318 g/mol. The van der Waals surface area contributed by atoms with Gasteiger partial charge in [-0.2, -0.15) is 0 Å².